The van der Waals surface area contributed by atoms with E-state index < -0.39 is 0 Å². The van der Waals surface area contributed by atoms with Crippen LogP contribution in [0.25, 0.3) is 22.4 Å². The number of ether oxygens (including phenoxy) is 2. The Kier molecular flexibility index (Phi) is 6.54. The molecule has 32 heavy (non-hydrogen) atoms. The van der Waals surface area contributed by atoms with Crippen LogP contribution in [-0.2, 0) is 23.1 Å². The molecule has 1 heterocycles. The number of hydrogen-bond donors (Lipinski definition) is 0. The highest BCUT2D eigenvalue weighted by atomic mass is 16.5. The quantitative estimate of drug-likeness (QED) is 0.398. The third-order valence-corrected chi connectivity index (χ3v) is 6.99. The summed E-state index contributed by atoms with van der Waals surface area (Å²) in [6, 6.07) is 16.2. The third kappa shape index (κ3) is 4.38. The zero-order valence-electron chi connectivity index (χ0n) is 19.9. The maximum atomic E-state index is 13.2. The molecular weight excluding hydrogens is 400 g/mol. The molecule has 2 aromatic carbocycles. The lowest BCUT2D eigenvalue weighted by Gasteiger charge is -2.36. The molecule has 4 rings (SSSR count). The van der Waals surface area contributed by atoms with Crippen molar-refractivity contribution in [1.29, 1.82) is 0 Å². The molecule has 0 radical (unpaired) electrons. The van der Waals surface area contributed by atoms with Gasteiger partial charge >= 0.3 is 5.97 Å². The molecule has 5 heteroatoms. The maximum absolute atomic E-state index is 13.2. The summed E-state index contributed by atoms with van der Waals surface area (Å²) in [7, 11) is 3.71. The van der Waals surface area contributed by atoms with Crippen LogP contribution in [-0.4, -0.2) is 23.8 Å². The molecule has 1 saturated carbocycles. The Hall–Kier alpha value is -2.82. The summed E-state index contributed by atoms with van der Waals surface area (Å²) >= 11 is 0. The largest absolute Gasteiger partial charge is 0.497 e. The van der Waals surface area contributed by atoms with Crippen molar-refractivity contribution in [2.24, 2.45) is 24.8 Å². The van der Waals surface area contributed by atoms with E-state index in [0.29, 0.717) is 17.8 Å². The topological polar surface area (TPSA) is 44.3 Å². The first-order chi connectivity index (χ1) is 15.4. The minimum absolute atomic E-state index is 0.00580. The van der Waals surface area contributed by atoms with Crippen LogP contribution < -0.4 is 9.30 Å². The van der Waals surface area contributed by atoms with Crippen molar-refractivity contribution in [3.05, 3.63) is 48.5 Å². The molecule has 170 valence electrons. The monoisotopic (exact) mass is 435 g/mol. The highest BCUT2D eigenvalue weighted by Gasteiger charge is 2.34. The van der Waals surface area contributed by atoms with Crippen molar-refractivity contribution >= 4 is 17.0 Å². The van der Waals surface area contributed by atoms with E-state index in [1.54, 1.807) is 7.11 Å². The highest BCUT2D eigenvalue weighted by Crippen LogP contribution is 2.35. The number of rotatable bonds is 6. The van der Waals surface area contributed by atoms with Gasteiger partial charge < -0.3 is 9.47 Å². The van der Waals surface area contributed by atoms with Gasteiger partial charge in [0, 0.05) is 0 Å². The first-order valence-corrected chi connectivity index (χ1v) is 11.7. The van der Waals surface area contributed by atoms with Crippen LogP contribution in [0.2, 0.25) is 0 Å². The van der Waals surface area contributed by atoms with E-state index in [4.69, 9.17) is 9.47 Å². The first kappa shape index (κ1) is 22.4. The minimum Gasteiger partial charge on any atom is -0.497 e. The molecule has 1 aromatic heterocycles. The lowest BCUT2D eigenvalue weighted by Crippen LogP contribution is -2.37. The number of para-hydroxylation sites is 2. The van der Waals surface area contributed by atoms with Crippen LogP contribution in [0.5, 0.6) is 5.75 Å². The lowest BCUT2D eigenvalue weighted by atomic mass is 9.75. The number of aromatic nitrogens is 2. The SMILES string of the molecule is COc1ccc(-c2n(CC(=O)O[C@@H]3C[C@H](C)CC[C@H]3C(C)C)c3ccccc3[n+]2C)cc1. The Morgan fingerprint density at radius 1 is 1.12 bits per heavy atom. The average molecular weight is 436 g/mol. The Balaban J connectivity index is 1.66. The average Bonchev–Trinajstić information content (AvgIpc) is 3.05. The number of esters is 1. The van der Waals surface area contributed by atoms with E-state index in [1.807, 2.05) is 43.4 Å². The fourth-order valence-corrected chi connectivity index (χ4v) is 5.22. The van der Waals surface area contributed by atoms with E-state index in [2.05, 4.69) is 42.0 Å². The van der Waals surface area contributed by atoms with Gasteiger partial charge in [-0.25, -0.2) is 13.9 Å². The molecule has 3 atom stereocenters. The van der Waals surface area contributed by atoms with Crippen molar-refractivity contribution in [3.8, 4) is 17.1 Å². The predicted molar refractivity (Wildman–Crippen MR) is 126 cm³/mol. The van der Waals surface area contributed by atoms with Crippen LogP contribution in [0.1, 0.15) is 40.0 Å². The lowest BCUT2D eigenvalue weighted by molar-refractivity contribution is -0.634. The van der Waals surface area contributed by atoms with Gasteiger partial charge in [-0.05, 0) is 67.0 Å². The molecule has 1 fully saturated rings. The van der Waals surface area contributed by atoms with Gasteiger partial charge in [0.2, 0.25) is 0 Å². The number of carbonyl (C=O) groups excluding carboxylic acids is 1. The second-order valence-corrected chi connectivity index (χ2v) is 9.54. The van der Waals surface area contributed by atoms with E-state index in [-0.39, 0.29) is 18.6 Å². The summed E-state index contributed by atoms with van der Waals surface area (Å²) in [5, 5.41) is 0. The van der Waals surface area contributed by atoms with Gasteiger partial charge in [0.05, 0.1) is 19.7 Å². The molecule has 0 bridgehead atoms. The number of imidazole rings is 1. The Bertz CT molecular complexity index is 1080. The number of fused-ring (bicyclic) bond motifs is 1. The zero-order valence-corrected chi connectivity index (χ0v) is 19.9. The Morgan fingerprint density at radius 3 is 2.53 bits per heavy atom. The number of nitrogens with zero attached hydrogens (tertiary/aromatic N) is 2. The molecule has 0 spiro atoms. The standard InChI is InChI=1S/C27H35N2O3/c1-18(2)22-15-10-19(3)16-25(22)32-26(30)17-29-24-9-7-6-8-23(24)28(4)27(29)20-11-13-21(31-5)14-12-20/h6-9,11-14,18-19,22,25H,10,15-17H2,1-5H3/q+1/t19-,22+,25-/m1/s1. The molecule has 5 nitrogen and oxygen atoms in total. The third-order valence-electron chi connectivity index (χ3n) is 6.99. The maximum Gasteiger partial charge on any atom is 0.348 e. The highest BCUT2D eigenvalue weighted by molar-refractivity contribution is 5.79. The molecular formula is C27H35N2O3+. The Labute approximate surface area is 191 Å². The van der Waals surface area contributed by atoms with Crippen LogP contribution in [0, 0.1) is 17.8 Å². The van der Waals surface area contributed by atoms with E-state index >= 15 is 0 Å². The van der Waals surface area contributed by atoms with Gasteiger partial charge in [0.15, 0.2) is 17.6 Å². The molecule has 0 unspecified atom stereocenters. The number of benzene rings is 2. The molecule has 1 aliphatic rings. The summed E-state index contributed by atoms with van der Waals surface area (Å²) in [5.41, 5.74) is 3.14. The molecule has 0 N–H and O–H groups in total. The van der Waals surface area contributed by atoms with Gasteiger partial charge in [-0.3, -0.25) is 0 Å². The molecule has 0 aliphatic heterocycles. The summed E-state index contributed by atoms with van der Waals surface area (Å²) < 4.78 is 15.7. The summed E-state index contributed by atoms with van der Waals surface area (Å²) in [6.45, 7) is 6.93. The zero-order chi connectivity index (χ0) is 22.8. The van der Waals surface area contributed by atoms with Crippen LogP contribution in [0.15, 0.2) is 48.5 Å². The van der Waals surface area contributed by atoms with Crippen LogP contribution in [0.3, 0.4) is 0 Å². The number of hydrogen-bond acceptors (Lipinski definition) is 3. The second-order valence-electron chi connectivity index (χ2n) is 9.54. The van der Waals surface area contributed by atoms with Gasteiger partial charge in [-0.15, -0.1) is 0 Å². The fraction of sp³-hybridized carbons (Fsp3) is 0.481. The van der Waals surface area contributed by atoms with Crippen molar-refractivity contribution in [2.75, 3.05) is 7.11 Å². The van der Waals surface area contributed by atoms with Crippen molar-refractivity contribution < 1.29 is 18.8 Å². The summed E-state index contributed by atoms with van der Waals surface area (Å²) in [5.74, 6) is 3.18. The molecule has 3 aromatic rings. The number of aryl methyl sites for hydroxylation is 1. The van der Waals surface area contributed by atoms with E-state index in [9.17, 15) is 4.79 Å². The second kappa shape index (κ2) is 9.35. The fourth-order valence-electron chi connectivity index (χ4n) is 5.22. The predicted octanol–water partition coefficient (Wildman–Crippen LogP) is 5.15. The Morgan fingerprint density at radius 2 is 1.84 bits per heavy atom. The number of carbonyl (C=O) groups is 1. The van der Waals surface area contributed by atoms with Gasteiger partial charge in [-0.1, -0.05) is 39.3 Å². The van der Waals surface area contributed by atoms with Gasteiger partial charge in [0.25, 0.3) is 5.82 Å². The first-order valence-electron chi connectivity index (χ1n) is 11.7. The van der Waals surface area contributed by atoms with Gasteiger partial charge in [0.1, 0.15) is 11.9 Å². The smallest absolute Gasteiger partial charge is 0.348 e. The minimum atomic E-state index is -0.161. The molecule has 0 amide bonds. The van der Waals surface area contributed by atoms with Crippen molar-refractivity contribution in [3.63, 3.8) is 0 Å². The molecule has 1 aliphatic carbocycles. The van der Waals surface area contributed by atoms with E-state index in [1.165, 1.54) is 6.42 Å². The van der Waals surface area contributed by atoms with Crippen LogP contribution in [0.4, 0.5) is 0 Å². The molecule has 0 saturated heterocycles. The van der Waals surface area contributed by atoms with Crippen LogP contribution >= 0.6 is 0 Å². The summed E-state index contributed by atoms with van der Waals surface area (Å²) in [4.78, 5) is 13.2. The van der Waals surface area contributed by atoms with Crippen molar-refractivity contribution in [2.45, 2.75) is 52.7 Å². The summed E-state index contributed by atoms with van der Waals surface area (Å²) in [6.07, 6.45) is 3.32. The van der Waals surface area contributed by atoms with E-state index in [0.717, 1.165) is 41.0 Å². The van der Waals surface area contributed by atoms with Gasteiger partial charge in [-0.2, -0.15) is 0 Å². The van der Waals surface area contributed by atoms with Crippen molar-refractivity contribution in [1.82, 2.24) is 4.57 Å². The normalized spacial score (nSPS) is 21.1. The number of methoxy groups -OCH3 is 1.